The Balaban J connectivity index is 0.000000845. The average molecular weight is 205 g/mol. The molecule has 0 bridgehead atoms. The molecule has 0 aromatic heterocycles. The van der Waals surface area contributed by atoms with Crippen LogP contribution in [0.2, 0.25) is 0 Å². The van der Waals surface area contributed by atoms with Gasteiger partial charge in [-0.05, 0) is 25.8 Å². The second-order valence-electron chi connectivity index (χ2n) is 4.25. The number of rotatable bonds is 2. The molecule has 2 aliphatic heterocycles. The molecule has 1 N–H and O–H groups in total. The Hall–Kier alpha value is 0.210. The predicted molar refractivity (Wildman–Crippen MR) is 58.5 cm³/mol. The van der Waals surface area contributed by atoms with Gasteiger partial charge in [0.1, 0.15) is 0 Å². The maximum atomic E-state index is 3.35. The van der Waals surface area contributed by atoms with E-state index in [1.165, 1.54) is 32.5 Å². The van der Waals surface area contributed by atoms with Crippen LogP contribution in [0.4, 0.5) is 0 Å². The quantitative estimate of drug-likeness (QED) is 0.734. The molecule has 2 nitrogen and oxygen atoms in total. The highest BCUT2D eigenvalue weighted by Gasteiger charge is 2.35. The smallest absolute Gasteiger partial charge is 0.0348 e. The number of hydrogen-bond acceptors (Lipinski definition) is 2. The van der Waals surface area contributed by atoms with Crippen molar-refractivity contribution in [2.75, 3.05) is 19.6 Å². The van der Waals surface area contributed by atoms with Crippen molar-refractivity contribution in [2.24, 2.45) is 5.92 Å². The van der Waals surface area contributed by atoms with Crippen LogP contribution in [0.1, 0.15) is 26.7 Å². The zero-order valence-electron chi connectivity index (χ0n) is 8.62. The fraction of sp³-hybridized carbons (Fsp3) is 1.00. The first-order chi connectivity index (χ1) is 5.83. The zero-order valence-corrected chi connectivity index (χ0v) is 9.44. The van der Waals surface area contributed by atoms with Gasteiger partial charge in [-0.3, -0.25) is 4.90 Å². The maximum absolute atomic E-state index is 3.35. The van der Waals surface area contributed by atoms with Gasteiger partial charge in [-0.2, -0.15) is 0 Å². The topological polar surface area (TPSA) is 15.3 Å². The van der Waals surface area contributed by atoms with E-state index in [2.05, 4.69) is 24.1 Å². The highest BCUT2D eigenvalue weighted by atomic mass is 35.5. The highest BCUT2D eigenvalue weighted by molar-refractivity contribution is 5.85. The molecular formula is C10H21ClN2. The second kappa shape index (κ2) is 4.63. The first-order valence-electron chi connectivity index (χ1n) is 5.29. The average Bonchev–Trinajstić information content (AvgIpc) is 2.30. The molecular weight excluding hydrogens is 184 g/mol. The van der Waals surface area contributed by atoms with E-state index in [9.17, 15) is 0 Å². The summed E-state index contributed by atoms with van der Waals surface area (Å²) in [7, 11) is 0. The minimum atomic E-state index is 0. The first-order valence-corrected chi connectivity index (χ1v) is 5.29. The molecule has 2 fully saturated rings. The molecule has 78 valence electrons. The van der Waals surface area contributed by atoms with Gasteiger partial charge in [-0.1, -0.05) is 13.3 Å². The first kappa shape index (κ1) is 11.3. The summed E-state index contributed by atoms with van der Waals surface area (Å²) in [6, 6.07) is 1.69. The van der Waals surface area contributed by atoms with Gasteiger partial charge >= 0.3 is 0 Å². The normalized spacial score (nSPS) is 35.5. The largest absolute Gasteiger partial charge is 0.314 e. The second-order valence-corrected chi connectivity index (χ2v) is 4.25. The van der Waals surface area contributed by atoms with E-state index in [1.807, 2.05) is 0 Å². The van der Waals surface area contributed by atoms with E-state index in [0.29, 0.717) is 0 Å². The molecule has 0 amide bonds. The Morgan fingerprint density at radius 1 is 1.38 bits per heavy atom. The summed E-state index contributed by atoms with van der Waals surface area (Å²) in [5, 5.41) is 3.35. The van der Waals surface area contributed by atoms with Crippen LogP contribution in [-0.2, 0) is 0 Å². The van der Waals surface area contributed by atoms with Crippen LogP contribution in [-0.4, -0.2) is 36.6 Å². The van der Waals surface area contributed by atoms with Crippen molar-refractivity contribution in [1.82, 2.24) is 10.2 Å². The molecule has 2 aliphatic rings. The Morgan fingerprint density at radius 2 is 2.08 bits per heavy atom. The molecule has 0 radical (unpaired) electrons. The molecule has 3 heteroatoms. The summed E-state index contributed by atoms with van der Waals surface area (Å²) in [5.41, 5.74) is 0. The van der Waals surface area contributed by atoms with E-state index in [0.717, 1.165) is 18.0 Å². The van der Waals surface area contributed by atoms with Gasteiger partial charge in [-0.25, -0.2) is 0 Å². The molecule has 13 heavy (non-hydrogen) atoms. The van der Waals surface area contributed by atoms with E-state index in [-0.39, 0.29) is 12.4 Å². The van der Waals surface area contributed by atoms with Crippen molar-refractivity contribution < 1.29 is 0 Å². The molecule has 0 saturated carbocycles. The summed E-state index contributed by atoms with van der Waals surface area (Å²) in [6.45, 7) is 8.51. The van der Waals surface area contributed by atoms with Crippen LogP contribution in [0.25, 0.3) is 0 Å². The Kier molecular flexibility index (Phi) is 4.02. The molecule has 2 atom stereocenters. The van der Waals surface area contributed by atoms with Crippen LogP contribution < -0.4 is 5.32 Å². The predicted octanol–water partition coefficient (Wildman–Crippen LogP) is 1.50. The third-order valence-electron chi connectivity index (χ3n) is 3.72. The third kappa shape index (κ3) is 2.00. The van der Waals surface area contributed by atoms with Crippen LogP contribution in [0.5, 0.6) is 0 Å². The molecule has 0 aromatic rings. The van der Waals surface area contributed by atoms with Crippen LogP contribution in [0.15, 0.2) is 0 Å². The Labute approximate surface area is 87.5 Å². The number of halogens is 1. The highest BCUT2D eigenvalue weighted by Crippen LogP contribution is 2.29. The lowest BCUT2D eigenvalue weighted by Crippen LogP contribution is -2.58. The Bertz CT molecular complexity index is 159. The van der Waals surface area contributed by atoms with Crippen molar-refractivity contribution >= 4 is 12.4 Å². The van der Waals surface area contributed by atoms with Gasteiger partial charge in [0.05, 0.1) is 0 Å². The van der Waals surface area contributed by atoms with E-state index in [1.54, 1.807) is 0 Å². The Morgan fingerprint density at radius 3 is 2.46 bits per heavy atom. The maximum Gasteiger partial charge on any atom is 0.0348 e. The van der Waals surface area contributed by atoms with Crippen molar-refractivity contribution in [2.45, 2.75) is 38.8 Å². The SMILES string of the molecule is CCC1CCN(C2CNC2)C1C.Cl. The van der Waals surface area contributed by atoms with Gasteiger partial charge in [0, 0.05) is 25.2 Å². The zero-order chi connectivity index (χ0) is 8.55. The molecule has 0 aromatic carbocycles. The summed E-state index contributed by atoms with van der Waals surface area (Å²) in [4.78, 5) is 2.70. The van der Waals surface area contributed by atoms with E-state index < -0.39 is 0 Å². The van der Waals surface area contributed by atoms with E-state index in [4.69, 9.17) is 0 Å². The van der Waals surface area contributed by atoms with Gasteiger partial charge in [0.2, 0.25) is 0 Å². The molecule has 0 aliphatic carbocycles. The van der Waals surface area contributed by atoms with E-state index >= 15 is 0 Å². The third-order valence-corrected chi connectivity index (χ3v) is 3.72. The van der Waals surface area contributed by atoms with Gasteiger partial charge < -0.3 is 5.32 Å². The fourth-order valence-electron chi connectivity index (χ4n) is 2.60. The van der Waals surface area contributed by atoms with Gasteiger partial charge in [0.15, 0.2) is 0 Å². The molecule has 2 heterocycles. The number of nitrogens with zero attached hydrogens (tertiary/aromatic N) is 1. The van der Waals surface area contributed by atoms with Crippen molar-refractivity contribution in [3.05, 3.63) is 0 Å². The molecule has 2 saturated heterocycles. The molecule has 0 spiro atoms. The van der Waals surface area contributed by atoms with Gasteiger partial charge in [0.25, 0.3) is 0 Å². The minimum absolute atomic E-state index is 0. The van der Waals surface area contributed by atoms with Crippen molar-refractivity contribution in [3.8, 4) is 0 Å². The lowest BCUT2D eigenvalue weighted by molar-refractivity contribution is 0.127. The summed E-state index contributed by atoms with van der Waals surface area (Å²) >= 11 is 0. The fourth-order valence-corrected chi connectivity index (χ4v) is 2.60. The number of hydrogen-bond donors (Lipinski definition) is 1. The molecule has 2 rings (SSSR count). The van der Waals surface area contributed by atoms with Gasteiger partial charge in [-0.15, -0.1) is 12.4 Å². The number of nitrogens with one attached hydrogen (secondary N) is 1. The monoisotopic (exact) mass is 204 g/mol. The minimum Gasteiger partial charge on any atom is -0.314 e. The van der Waals surface area contributed by atoms with Crippen LogP contribution >= 0.6 is 12.4 Å². The summed E-state index contributed by atoms with van der Waals surface area (Å²) < 4.78 is 0. The molecule has 2 unspecified atom stereocenters. The van der Waals surface area contributed by atoms with Crippen LogP contribution in [0.3, 0.4) is 0 Å². The number of likely N-dealkylation sites (tertiary alicyclic amines) is 1. The van der Waals surface area contributed by atoms with Crippen molar-refractivity contribution in [3.63, 3.8) is 0 Å². The lowest BCUT2D eigenvalue weighted by atomic mass is 9.98. The summed E-state index contributed by atoms with van der Waals surface area (Å²) in [5.74, 6) is 0.964. The van der Waals surface area contributed by atoms with Crippen LogP contribution in [0, 0.1) is 5.92 Å². The van der Waals surface area contributed by atoms with Crippen molar-refractivity contribution in [1.29, 1.82) is 0 Å². The lowest BCUT2D eigenvalue weighted by Gasteiger charge is -2.39. The summed E-state index contributed by atoms with van der Waals surface area (Å²) in [6.07, 6.45) is 2.78. The standard InChI is InChI=1S/C10H20N2.ClH/c1-3-9-4-5-12(8(9)2)10-6-11-7-10;/h8-11H,3-7H2,1-2H3;1H.